The summed E-state index contributed by atoms with van der Waals surface area (Å²) in [5.41, 5.74) is 0.540. The van der Waals surface area contributed by atoms with Crippen molar-refractivity contribution < 1.29 is 18.0 Å². The number of hydrogen-bond donors (Lipinski definition) is 2. The molecule has 1 aromatic rings. The van der Waals surface area contributed by atoms with Crippen LogP contribution >= 0.6 is 0 Å². The standard InChI is InChI=1S/C16H23F3N4O/c1-20-11-15(24)21-10-12-9-13(16(17,18)19)3-4-14(12)23-7-5-22(2)6-8-23/h3-4,9,20H,5-8,10-11H2,1-2H3,(H,21,24). The number of carbonyl (C=O) groups excluding carboxylic acids is 1. The summed E-state index contributed by atoms with van der Waals surface area (Å²) >= 11 is 0. The molecule has 2 N–H and O–H groups in total. The predicted molar refractivity (Wildman–Crippen MR) is 86.9 cm³/mol. The molecule has 1 aliphatic heterocycles. The molecule has 1 aromatic carbocycles. The van der Waals surface area contributed by atoms with Crippen molar-refractivity contribution in [3.8, 4) is 0 Å². The van der Waals surface area contributed by atoms with Crippen molar-refractivity contribution in [3.05, 3.63) is 29.3 Å². The molecular weight excluding hydrogens is 321 g/mol. The van der Waals surface area contributed by atoms with Crippen LogP contribution in [0, 0.1) is 0 Å². The number of benzene rings is 1. The van der Waals surface area contributed by atoms with E-state index in [0.717, 1.165) is 44.0 Å². The van der Waals surface area contributed by atoms with Crippen molar-refractivity contribution in [1.29, 1.82) is 0 Å². The van der Waals surface area contributed by atoms with Gasteiger partial charge in [0.05, 0.1) is 12.1 Å². The van der Waals surface area contributed by atoms with Gasteiger partial charge in [-0.05, 0) is 37.9 Å². The molecule has 1 heterocycles. The minimum absolute atomic E-state index is 0.0755. The van der Waals surface area contributed by atoms with E-state index in [1.54, 1.807) is 7.05 Å². The molecule has 8 heteroatoms. The smallest absolute Gasteiger partial charge is 0.369 e. The Balaban J connectivity index is 2.22. The van der Waals surface area contributed by atoms with E-state index in [0.29, 0.717) is 5.56 Å². The van der Waals surface area contributed by atoms with Crippen LogP contribution in [0.25, 0.3) is 0 Å². The van der Waals surface area contributed by atoms with Gasteiger partial charge < -0.3 is 20.4 Å². The molecule has 0 saturated carbocycles. The number of halogens is 3. The molecular formula is C16H23F3N4O. The van der Waals surface area contributed by atoms with Gasteiger partial charge in [-0.25, -0.2) is 0 Å². The monoisotopic (exact) mass is 344 g/mol. The van der Waals surface area contributed by atoms with Crippen LogP contribution in [0.2, 0.25) is 0 Å². The van der Waals surface area contributed by atoms with Gasteiger partial charge in [0.2, 0.25) is 5.91 Å². The highest BCUT2D eigenvalue weighted by atomic mass is 19.4. The van der Waals surface area contributed by atoms with E-state index in [4.69, 9.17) is 0 Å². The molecule has 2 rings (SSSR count). The van der Waals surface area contributed by atoms with Gasteiger partial charge in [0.25, 0.3) is 0 Å². The fraction of sp³-hybridized carbons (Fsp3) is 0.562. The highest BCUT2D eigenvalue weighted by molar-refractivity contribution is 5.78. The Morgan fingerprint density at radius 1 is 1.21 bits per heavy atom. The molecule has 0 spiro atoms. The zero-order valence-electron chi connectivity index (χ0n) is 13.9. The number of nitrogens with zero attached hydrogens (tertiary/aromatic N) is 2. The molecule has 134 valence electrons. The number of anilines is 1. The fourth-order valence-electron chi connectivity index (χ4n) is 2.68. The second-order valence-electron chi connectivity index (χ2n) is 5.94. The Morgan fingerprint density at radius 3 is 2.46 bits per heavy atom. The Labute approximate surface area is 139 Å². The van der Waals surface area contributed by atoms with Gasteiger partial charge in [-0.2, -0.15) is 13.2 Å². The van der Waals surface area contributed by atoms with E-state index >= 15 is 0 Å². The molecule has 24 heavy (non-hydrogen) atoms. The number of hydrogen-bond acceptors (Lipinski definition) is 4. The topological polar surface area (TPSA) is 47.6 Å². The van der Waals surface area contributed by atoms with Crippen LogP contribution in [0.1, 0.15) is 11.1 Å². The molecule has 1 aliphatic rings. The Bertz CT molecular complexity index is 569. The van der Waals surface area contributed by atoms with Crippen molar-refractivity contribution in [3.63, 3.8) is 0 Å². The summed E-state index contributed by atoms with van der Waals surface area (Å²) in [5, 5.41) is 5.38. The number of carbonyl (C=O) groups is 1. The summed E-state index contributed by atoms with van der Waals surface area (Å²) in [7, 11) is 3.66. The molecule has 5 nitrogen and oxygen atoms in total. The number of rotatable bonds is 5. The zero-order chi connectivity index (χ0) is 17.7. The first-order chi connectivity index (χ1) is 11.3. The second kappa shape index (κ2) is 7.85. The first-order valence-corrected chi connectivity index (χ1v) is 7.86. The van der Waals surface area contributed by atoms with Gasteiger partial charge in [0.1, 0.15) is 0 Å². The lowest BCUT2D eigenvalue weighted by atomic mass is 10.1. The lowest BCUT2D eigenvalue weighted by Gasteiger charge is -2.35. The van der Waals surface area contributed by atoms with Gasteiger partial charge >= 0.3 is 6.18 Å². The van der Waals surface area contributed by atoms with E-state index in [9.17, 15) is 18.0 Å². The summed E-state index contributed by atoms with van der Waals surface area (Å²) in [6.07, 6.45) is -4.40. The van der Waals surface area contributed by atoms with E-state index in [-0.39, 0.29) is 19.0 Å². The minimum atomic E-state index is -4.40. The Kier molecular flexibility index (Phi) is 6.06. The third-order valence-electron chi connectivity index (χ3n) is 4.06. The van der Waals surface area contributed by atoms with Gasteiger partial charge in [-0.15, -0.1) is 0 Å². The van der Waals surface area contributed by atoms with E-state index < -0.39 is 11.7 Å². The first-order valence-electron chi connectivity index (χ1n) is 7.86. The van der Waals surface area contributed by atoms with Crippen molar-refractivity contribution in [2.24, 2.45) is 0 Å². The van der Waals surface area contributed by atoms with E-state index in [1.165, 1.54) is 6.07 Å². The van der Waals surface area contributed by atoms with Crippen molar-refractivity contribution >= 4 is 11.6 Å². The van der Waals surface area contributed by atoms with Crippen LogP contribution in [-0.2, 0) is 17.5 Å². The summed E-state index contributed by atoms with van der Waals surface area (Å²) in [6.45, 7) is 3.41. The Morgan fingerprint density at radius 2 is 1.88 bits per heavy atom. The van der Waals surface area contributed by atoms with Crippen LogP contribution in [-0.4, -0.2) is 57.6 Å². The molecule has 0 aliphatic carbocycles. The zero-order valence-corrected chi connectivity index (χ0v) is 13.9. The third kappa shape index (κ3) is 4.85. The third-order valence-corrected chi connectivity index (χ3v) is 4.06. The SMILES string of the molecule is CNCC(=O)NCc1cc(C(F)(F)F)ccc1N1CCN(C)CC1. The largest absolute Gasteiger partial charge is 0.416 e. The summed E-state index contributed by atoms with van der Waals surface area (Å²) in [4.78, 5) is 15.9. The van der Waals surface area contributed by atoms with Gasteiger partial charge in [0, 0.05) is 38.4 Å². The predicted octanol–water partition coefficient (Wildman–Crippen LogP) is 1.29. The summed E-state index contributed by atoms with van der Waals surface area (Å²) in [6, 6.07) is 3.74. The number of alkyl halides is 3. The van der Waals surface area contributed by atoms with Crippen LogP contribution in [0.4, 0.5) is 18.9 Å². The minimum Gasteiger partial charge on any atom is -0.369 e. The van der Waals surface area contributed by atoms with Crippen molar-refractivity contribution in [1.82, 2.24) is 15.5 Å². The number of nitrogens with one attached hydrogen (secondary N) is 2. The Hall–Kier alpha value is -1.80. The maximum Gasteiger partial charge on any atom is 0.416 e. The number of piperazine rings is 1. The molecule has 0 atom stereocenters. The molecule has 1 fully saturated rings. The average molecular weight is 344 g/mol. The van der Waals surface area contributed by atoms with Gasteiger partial charge in [-0.3, -0.25) is 4.79 Å². The summed E-state index contributed by atoms with van der Waals surface area (Å²) in [5.74, 6) is -0.251. The second-order valence-corrected chi connectivity index (χ2v) is 5.94. The molecule has 0 bridgehead atoms. The highest BCUT2D eigenvalue weighted by Gasteiger charge is 2.31. The maximum atomic E-state index is 13.0. The van der Waals surface area contributed by atoms with Crippen LogP contribution in [0.15, 0.2) is 18.2 Å². The molecule has 1 saturated heterocycles. The first kappa shape index (κ1) is 18.5. The van der Waals surface area contributed by atoms with Crippen molar-refractivity contribution in [2.75, 3.05) is 51.7 Å². The van der Waals surface area contributed by atoms with E-state index in [2.05, 4.69) is 20.4 Å². The highest BCUT2D eigenvalue weighted by Crippen LogP contribution is 2.33. The maximum absolute atomic E-state index is 13.0. The van der Waals surface area contributed by atoms with Crippen LogP contribution in [0.5, 0.6) is 0 Å². The lowest BCUT2D eigenvalue weighted by molar-refractivity contribution is -0.137. The van der Waals surface area contributed by atoms with Crippen molar-refractivity contribution in [2.45, 2.75) is 12.7 Å². The van der Waals surface area contributed by atoms with Crippen LogP contribution in [0.3, 0.4) is 0 Å². The molecule has 0 aromatic heterocycles. The van der Waals surface area contributed by atoms with Gasteiger partial charge in [0.15, 0.2) is 0 Å². The average Bonchev–Trinajstić information content (AvgIpc) is 2.53. The lowest BCUT2D eigenvalue weighted by Crippen LogP contribution is -2.45. The number of likely N-dealkylation sites (N-methyl/N-ethyl adjacent to an activating group) is 2. The molecule has 1 amide bonds. The van der Waals surface area contributed by atoms with E-state index in [1.807, 2.05) is 7.05 Å². The normalized spacial score (nSPS) is 16.3. The fourth-order valence-corrected chi connectivity index (χ4v) is 2.68. The quantitative estimate of drug-likeness (QED) is 0.845. The molecule has 0 unspecified atom stereocenters. The summed E-state index contributed by atoms with van der Waals surface area (Å²) < 4.78 is 39.0. The van der Waals surface area contributed by atoms with Crippen LogP contribution < -0.4 is 15.5 Å². The van der Waals surface area contributed by atoms with Gasteiger partial charge in [-0.1, -0.05) is 0 Å². The number of amides is 1. The molecule has 0 radical (unpaired) electrons.